The van der Waals surface area contributed by atoms with Crippen LogP contribution in [0.1, 0.15) is 43.8 Å². The van der Waals surface area contributed by atoms with E-state index >= 15 is 0 Å². The molecular formula is C28H36N4O5. The summed E-state index contributed by atoms with van der Waals surface area (Å²) in [7, 11) is 0. The normalized spacial score (nSPS) is 23.1. The average Bonchev–Trinajstić information content (AvgIpc) is 3.37. The maximum absolute atomic E-state index is 13.4. The number of aliphatic hydroxyl groups excluding tert-OH is 1. The van der Waals surface area contributed by atoms with Gasteiger partial charge in [0.2, 0.25) is 11.8 Å². The zero-order valence-corrected chi connectivity index (χ0v) is 21.2. The van der Waals surface area contributed by atoms with Crippen LogP contribution in [0.3, 0.4) is 0 Å². The smallest absolute Gasteiger partial charge is 0.225 e. The van der Waals surface area contributed by atoms with E-state index in [1.54, 1.807) is 0 Å². The lowest BCUT2D eigenvalue weighted by atomic mass is 9.99. The molecule has 0 radical (unpaired) electrons. The van der Waals surface area contributed by atoms with Crippen molar-refractivity contribution in [2.24, 2.45) is 5.92 Å². The molecule has 9 nitrogen and oxygen atoms in total. The highest BCUT2D eigenvalue weighted by Gasteiger charge is 2.33. The molecule has 4 aliphatic rings. The molecule has 1 aromatic carbocycles. The zero-order valence-electron chi connectivity index (χ0n) is 21.2. The average molecular weight is 509 g/mol. The molecule has 1 unspecified atom stereocenters. The van der Waals surface area contributed by atoms with Gasteiger partial charge in [-0.2, -0.15) is 0 Å². The van der Waals surface area contributed by atoms with E-state index in [4.69, 9.17) is 14.2 Å². The largest absolute Gasteiger partial charge is 0.486 e. The SMILES string of the molecule is O=C(N[C@H](CN1CCCC1)[C@H](O)c1ccc2c(c1)OCCO2)C1CCN(c2ccc(OC3CC3)nc2)C1. The third-order valence-electron chi connectivity index (χ3n) is 7.73. The van der Waals surface area contributed by atoms with Crippen molar-refractivity contribution in [3.05, 3.63) is 42.1 Å². The van der Waals surface area contributed by atoms with Gasteiger partial charge in [0.25, 0.3) is 0 Å². The standard InChI is InChI=1S/C28H36N4O5/c33-27(19-3-7-24-25(15-19)36-14-13-35-24)23(18-31-10-1-2-11-31)30-28(34)20-9-12-32(17-20)21-4-8-26(29-16-21)37-22-5-6-22/h3-4,7-8,15-16,20,22-23,27,33H,1-2,5-6,9-14,17-18H2,(H,30,34)/t20?,23-,27-/m1/s1. The van der Waals surface area contributed by atoms with Crippen LogP contribution < -0.4 is 24.4 Å². The Labute approximate surface area is 217 Å². The lowest BCUT2D eigenvalue weighted by molar-refractivity contribution is -0.126. The zero-order chi connectivity index (χ0) is 25.2. The molecule has 2 aromatic rings. The summed E-state index contributed by atoms with van der Waals surface area (Å²) >= 11 is 0. The van der Waals surface area contributed by atoms with Crippen LogP contribution >= 0.6 is 0 Å². The number of fused-ring (bicyclic) bond motifs is 1. The number of benzene rings is 1. The number of pyridine rings is 1. The van der Waals surface area contributed by atoms with E-state index in [1.807, 2.05) is 36.5 Å². The molecule has 9 heteroatoms. The van der Waals surface area contributed by atoms with Gasteiger partial charge < -0.3 is 34.4 Å². The fraction of sp³-hybridized carbons (Fsp3) is 0.571. The first-order chi connectivity index (χ1) is 18.1. The number of aromatic nitrogens is 1. The Morgan fingerprint density at radius 2 is 1.89 bits per heavy atom. The number of rotatable bonds is 9. The summed E-state index contributed by atoms with van der Waals surface area (Å²) in [5.74, 6) is 1.84. The van der Waals surface area contributed by atoms with Gasteiger partial charge in [-0.05, 0) is 69.0 Å². The van der Waals surface area contributed by atoms with Crippen molar-refractivity contribution < 1.29 is 24.1 Å². The van der Waals surface area contributed by atoms with Gasteiger partial charge in [-0.3, -0.25) is 4.79 Å². The molecule has 2 saturated heterocycles. The molecule has 1 aliphatic carbocycles. The number of ether oxygens (including phenoxy) is 3. The molecular weight excluding hydrogens is 472 g/mol. The second kappa shape index (κ2) is 10.8. The number of nitrogens with zero attached hydrogens (tertiary/aromatic N) is 3. The van der Waals surface area contributed by atoms with E-state index in [0.717, 1.165) is 63.0 Å². The fourth-order valence-corrected chi connectivity index (χ4v) is 5.44. The summed E-state index contributed by atoms with van der Waals surface area (Å²) in [6.45, 7) is 5.04. The topological polar surface area (TPSA) is 96.4 Å². The van der Waals surface area contributed by atoms with Crippen molar-refractivity contribution in [2.45, 2.75) is 50.4 Å². The molecule has 3 atom stereocenters. The Morgan fingerprint density at radius 3 is 2.65 bits per heavy atom. The molecule has 1 saturated carbocycles. The summed E-state index contributed by atoms with van der Waals surface area (Å²) in [5.41, 5.74) is 1.73. The minimum atomic E-state index is -0.846. The van der Waals surface area contributed by atoms with Crippen LogP contribution in [0, 0.1) is 5.92 Å². The van der Waals surface area contributed by atoms with Crippen molar-refractivity contribution in [3.8, 4) is 17.4 Å². The van der Waals surface area contributed by atoms with Crippen LogP contribution in [0.2, 0.25) is 0 Å². The van der Waals surface area contributed by atoms with Crippen LogP contribution in [0.5, 0.6) is 17.4 Å². The second-order valence-corrected chi connectivity index (χ2v) is 10.6. The van der Waals surface area contributed by atoms with E-state index < -0.39 is 12.1 Å². The first-order valence-electron chi connectivity index (χ1n) is 13.6. The van der Waals surface area contributed by atoms with Crippen molar-refractivity contribution in [1.29, 1.82) is 0 Å². The van der Waals surface area contributed by atoms with E-state index in [0.29, 0.717) is 49.8 Å². The van der Waals surface area contributed by atoms with Crippen molar-refractivity contribution in [1.82, 2.24) is 15.2 Å². The number of likely N-dealkylation sites (tertiary alicyclic amines) is 1. The summed E-state index contributed by atoms with van der Waals surface area (Å²) < 4.78 is 17.1. The molecule has 198 valence electrons. The number of carbonyl (C=O) groups is 1. The van der Waals surface area contributed by atoms with E-state index in [9.17, 15) is 9.90 Å². The van der Waals surface area contributed by atoms with Crippen LogP contribution in [-0.4, -0.2) is 79.0 Å². The minimum Gasteiger partial charge on any atom is -0.486 e. The highest BCUT2D eigenvalue weighted by Crippen LogP contribution is 2.34. The molecule has 1 amide bonds. The summed E-state index contributed by atoms with van der Waals surface area (Å²) in [4.78, 5) is 22.4. The Bertz CT molecular complexity index is 1090. The van der Waals surface area contributed by atoms with Crippen LogP contribution in [0.25, 0.3) is 0 Å². The molecule has 6 rings (SSSR count). The highest BCUT2D eigenvalue weighted by molar-refractivity contribution is 5.80. The number of anilines is 1. The van der Waals surface area contributed by atoms with Gasteiger partial charge in [-0.15, -0.1) is 0 Å². The quantitative estimate of drug-likeness (QED) is 0.534. The lowest BCUT2D eigenvalue weighted by Gasteiger charge is -2.30. The molecule has 1 aromatic heterocycles. The van der Waals surface area contributed by atoms with Crippen LogP contribution in [0.4, 0.5) is 5.69 Å². The van der Waals surface area contributed by atoms with Gasteiger partial charge in [0.1, 0.15) is 25.4 Å². The van der Waals surface area contributed by atoms with Gasteiger partial charge in [0.15, 0.2) is 11.5 Å². The first-order valence-corrected chi connectivity index (χ1v) is 13.6. The number of carbonyl (C=O) groups excluding carboxylic acids is 1. The summed E-state index contributed by atoms with van der Waals surface area (Å²) in [6, 6.07) is 9.06. The third kappa shape index (κ3) is 5.78. The predicted molar refractivity (Wildman–Crippen MR) is 138 cm³/mol. The number of aliphatic hydroxyl groups is 1. The summed E-state index contributed by atoms with van der Waals surface area (Å²) in [6.07, 6.45) is 6.59. The van der Waals surface area contributed by atoms with Crippen molar-refractivity contribution in [3.63, 3.8) is 0 Å². The minimum absolute atomic E-state index is 0.00932. The summed E-state index contributed by atoms with van der Waals surface area (Å²) in [5, 5.41) is 14.6. The van der Waals surface area contributed by atoms with Crippen LogP contribution in [-0.2, 0) is 4.79 Å². The van der Waals surface area contributed by atoms with E-state index in [1.165, 1.54) is 0 Å². The molecule has 0 spiro atoms. The second-order valence-electron chi connectivity index (χ2n) is 10.6. The first kappa shape index (κ1) is 24.3. The Kier molecular flexibility index (Phi) is 7.06. The Morgan fingerprint density at radius 1 is 1.08 bits per heavy atom. The fourth-order valence-electron chi connectivity index (χ4n) is 5.44. The van der Waals surface area contributed by atoms with Gasteiger partial charge in [0, 0.05) is 25.7 Å². The Balaban J connectivity index is 1.11. The van der Waals surface area contributed by atoms with Crippen LogP contribution in [0.15, 0.2) is 36.5 Å². The highest BCUT2D eigenvalue weighted by atomic mass is 16.6. The van der Waals surface area contributed by atoms with Gasteiger partial charge in [-0.1, -0.05) is 6.07 Å². The molecule has 2 N–H and O–H groups in total. The number of hydrogen-bond donors (Lipinski definition) is 2. The maximum Gasteiger partial charge on any atom is 0.225 e. The molecule has 3 aliphatic heterocycles. The number of hydrogen-bond acceptors (Lipinski definition) is 8. The number of amides is 1. The van der Waals surface area contributed by atoms with Crippen molar-refractivity contribution >= 4 is 11.6 Å². The third-order valence-corrected chi connectivity index (χ3v) is 7.73. The lowest BCUT2D eigenvalue weighted by Crippen LogP contribution is -2.48. The Hall–Kier alpha value is -3.04. The van der Waals surface area contributed by atoms with E-state index in [-0.39, 0.29) is 11.8 Å². The monoisotopic (exact) mass is 508 g/mol. The van der Waals surface area contributed by atoms with E-state index in [2.05, 4.69) is 20.1 Å². The van der Waals surface area contributed by atoms with Gasteiger partial charge >= 0.3 is 0 Å². The van der Waals surface area contributed by atoms with Gasteiger partial charge in [0.05, 0.1) is 23.8 Å². The van der Waals surface area contributed by atoms with Gasteiger partial charge in [-0.25, -0.2) is 4.98 Å². The van der Waals surface area contributed by atoms with Crippen molar-refractivity contribution in [2.75, 3.05) is 50.8 Å². The maximum atomic E-state index is 13.4. The number of nitrogens with one attached hydrogen (secondary N) is 1. The molecule has 0 bridgehead atoms. The molecule has 4 heterocycles. The molecule has 3 fully saturated rings. The predicted octanol–water partition coefficient (Wildman–Crippen LogP) is 2.53. The molecule has 37 heavy (non-hydrogen) atoms.